The van der Waals surface area contributed by atoms with Crippen molar-refractivity contribution in [2.24, 2.45) is 0 Å². The quantitative estimate of drug-likeness (QED) is 0.801. The molecule has 0 radical (unpaired) electrons. The first-order chi connectivity index (χ1) is 11.6. The minimum absolute atomic E-state index is 0.167. The number of alkyl halides is 1. The van der Waals surface area contributed by atoms with Gasteiger partial charge in [-0.2, -0.15) is 0 Å². The monoisotopic (exact) mass is 326 g/mol. The maximum absolute atomic E-state index is 13.3. The van der Waals surface area contributed by atoms with Crippen LogP contribution in [0.4, 0.5) is 4.39 Å². The Morgan fingerprint density at radius 3 is 2.17 bits per heavy atom. The lowest BCUT2D eigenvalue weighted by Crippen LogP contribution is -2.37. The van der Waals surface area contributed by atoms with E-state index in [9.17, 15) is 14.3 Å². The molecule has 1 aromatic heterocycles. The number of fused-ring (bicyclic) bond motifs is 3. The van der Waals surface area contributed by atoms with Gasteiger partial charge in [0.05, 0.1) is 12.6 Å². The van der Waals surface area contributed by atoms with Crippen LogP contribution in [0.3, 0.4) is 0 Å². The van der Waals surface area contributed by atoms with Gasteiger partial charge in [-0.25, -0.2) is 4.39 Å². The Balaban J connectivity index is 1.65. The van der Waals surface area contributed by atoms with Gasteiger partial charge in [0, 0.05) is 41.3 Å². The molecule has 2 heterocycles. The van der Waals surface area contributed by atoms with Gasteiger partial charge in [0.2, 0.25) is 0 Å². The molecule has 0 unspecified atom stereocenters. The highest BCUT2D eigenvalue weighted by atomic mass is 19.1. The number of aliphatic hydroxyl groups excluding tert-OH is 1. The Morgan fingerprint density at radius 1 is 1.04 bits per heavy atom. The van der Waals surface area contributed by atoms with E-state index in [1.807, 2.05) is 36.4 Å². The smallest absolute Gasteiger partial charge is 0.257 e. The Kier molecular flexibility index (Phi) is 3.73. The first kappa shape index (κ1) is 15.1. The second kappa shape index (κ2) is 5.91. The third kappa shape index (κ3) is 2.45. The van der Waals surface area contributed by atoms with Crippen LogP contribution in [0.25, 0.3) is 21.8 Å². The Labute approximate surface area is 139 Å². The van der Waals surface area contributed by atoms with E-state index in [4.69, 9.17) is 0 Å². The number of hydrogen-bond acceptors (Lipinski definition) is 2. The summed E-state index contributed by atoms with van der Waals surface area (Å²) in [6.07, 6.45) is -1.93. The molecule has 5 heteroatoms. The molecule has 1 aliphatic rings. The summed E-state index contributed by atoms with van der Waals surface area (Å²) in [6.45, 7) is 0.916. The standard InChI is InChI=1S/C19H19FN2O2/c20-16-9-10-21(19(16)24)11-13(23)12-22-17-7-3-1-5-14(17)15-6-2-4-8-18(15)22/h1-8,13,16,23H,9-12H2/t13-,16+/m0/s1. The normalized spacial score (nSPS) is 19.5. The van der Waals surface area contributed by atoms with Gasteiger partial charge in [0.25, 0.3) is 5.91 Å². The number of carbonyl (C=O) groups is 1. The van der Waals surface area contributed by atoms with Gasteiger partial charge in [-0.3, -0.25) is 4.79 Å². The summed E-state index contributed by atoms with van der Waals surface area (Å²) < 4.78 is 15.4. The predicted octanol–water partition coefficient (Wildman–Crippen LogP) is 2.73. The topological polar surface area (TPSA) is 45.5 Å². The van der Waals surface area contributed by atoms with Crippen molar-refractivity contribution in [3.05, 3.63) is 48.5 Å². The summed E-state index contributed by atoms with van der Waals surface area (Å²) in [5.41, 5.74) is 2.10. The summed E-state index contributed by atoms with van der Waals surface area (Å²) in [6, 6.07) is 16.1. The molecule has 3 aromatic rings. The maximum Gasteiger partial charge on any atom is 0.257 e. The van der Waals surface area contributed by atoms with Crippen molar-refractivity contribution in [3.63, 3.8) is 0 Å². The zero-order valence-corrected chi connectivity index (χ0v) is 13.2. The SMILES string of the molecule is O=C1[C@H](F)CCN1C[C@H](O)Cn1c2ccccc2c2ccccc21. The summed E-state index contributed by atoms with van der Waals surface area (Å²) in [5, 5.41) is 12.7. The number of hydrogen-bond donors (Lipinski definition) is 1. The summed E-state index contributed by atoms with van der Waals surface area (Å²) in [7, 11) is 0. The number of aromatic nitrogens is 1. The van der Waals surface area contributed by atoms with E-state index in [1.165, 1.54) is 4.90 Å². The molecule has 124 valence electrons. The zero-order valence-electron chi connectivity index (χ0n) is 13.2. The second-order valence-electron chi connectivity index (χ2n) is 6.34. The zero-order chi connectivity index (χ0) is 16.7. The van der Waals surface area contributed by atoms with Crippen molar-refractivity contribution in [2.45, 2.75) is 25.2 Å². The van der Waals surface area contributed by atoms with Crippen LogP contribution in [-0.4, -0.2) is 45.8 Å². The number of amides is 1. The van der Waals surface area contributed by atoms with E-state index in [0.717, 1.165) is 21.8 Å². The predicted molar refractivity (Wildman–Crippen MR) is 91.5 cm³/mol. The fourth-order valence-electron chi connectivity index (χ4n) is 3.61. The lowest BCUT2D eigenvalue weighted by Gasteiger charge is -2.21. The number of nitrogens with zero attached hydrogens (tertiary/aromatic N) is 2. The van der Waals surface area contributed by atoms with Crippen LogP contribution >= 0.6 is 0 Å². The molecule has 0 aliphatic carbocycles. The fourth-order valence-corrected chi connectivity index (χ4v) is 3.61. The molecule has 2 aromatic carbocycles. The van der Waals surface area contributed by atoms with Gasteiger partial charge >= 0.3 is 0 Å². The van der Waals surface area contributed by atoms with Crippen LogP contribution in [-0.2, 0) is 11.3 Å². The molecule has 0 spiro atoms. The van der Waals surface area contributed by atoms with E-state index in [1.54, 1.807) is 0 Å². The minimum atomic E-state index is -1.41. The van der Waals surface area contributed by atoms with Gasteiger partial charge in [0.15, 0.2) is 6.17 Å². The van der Waals surface area contributed by atoms with E-state index in [2.05, 4.69) is 16.7 Å². The molecule has 2 atom stereocenters. The molecule has 1 aliphatic heterocycles. The number of aliphatic hydroxyl groups is 1. The number of β-amino-alcohol motifs (C(OH)–C–C–N with tert-alkyl or cyclic N) is 1. The van der Waals surface area contributed by atoms with Crippen molar-refractivity contribution in [1.82, 2.24) is 9.47 Å². The minimum Gasteiger partial charge on any atom is -0.389 e. The van der Waals surface area contributed by atoms with Crippen molar-refractivity contribution in [2.75, 3.05) is 13.1 Å². The van der Waals surface area contributed by atoms with Crippen LogP contribution in [0.1, 0.15) is 6.42 Å². The largest absolute Gasteiger partial charge is 0.389 e. The molecule has 4 rings (SSSR count). The van der Waals surface area contributed by atoms with Crippen LogP contribution in [0.2, 0.25) is 0 Å². The van der Waals surface area contributed by atoms with Crippen molar-refractivity contribution >= 4 is 27.7 Å². The molecule has 24 heavy (non-hydrogen) atoms. The maximum atomic E-state index is 13.3. The molecule has 1 amide bonds. The first-order valence-corrected chi connectivity index (χ1v) is 8.22. The fraction of sp³-hybridized carbons (Fsp3) is 0.316. The number of likely N-dealkylation sites (tertiary alicyclic amines) is 1. The van der Waals surface area contributed by atoms with Gasteiger partial charge in [-0.05, 0) is 12.1 Å². The third-order valence-corrected chi connectivity index (χ3v) is 4.74. The molecule has 4 nitrogen and oxygen atoms in total. The summed E-state index contributed by atoms with van der Waals surface area (Å²) in [5.74, 6) is -0.503. The lowest BCUT2D eigenvalue weighted by molar-refractivity contribution is -0.133. The molecular weight excluding hydrogens is 307 g/mol. The summed E-state index contributed by atoms with van der Waals surface area (Å²) in [4.78, 5) is 13.1. The highest BCUT2D eigenvalue weighted by Gasteiger charge is 2.32. The van der Waals surface area contributed by atoms with Gasteiger partial charge in [-0.15, -0.1) is 0 Å². The molecule has 1 fully saturated rings. The van der Waals surface area contributed by atoms with E-state index >= 15 is 0 Å². The van der Waals surface area contributed by atoms with Crippen molar-refractivity contribution in [1.29, 1.82) is 0 Å². The number of rotatable bonds is 4. The highest BCUT2D eigenvalue weighted by molar-refractivity contribution is 6.07. The Bertz CT molecular complexity index is 851. The number of halogens is 1. The third-order valence-electron chi connectivity index (χ3n) is 4.74. The number of benzene rings is 2. The van der Waals surface area contributed by atoms with E-state index < -0.39 is 18.2 Å². The van der Waals surface area contributed by atoms with Gasteiger partial charge in [0.1, 0.15) is 0 Å². The van der Waals surface area contributed by atoms with Crippen LogP contribution in [0, 0.1) is 0 Å². The van der Waals surface area contributed by atoms with Crippen LogP contribution in [0.15, 0.2) is 48.5 Å². The highest BCUT2D eigenvalue weighted by Crippen LogP contribution is 2.29. The molecule has 0 bridgehead atoms. The molecule has 1 saturated heterocycles. The lowest BCUT2D eigenvalue weighted by atomic mass is 10.2. The van der Waals surface area contributed by atoms with Crippen molar-refractivity contribution in [3.8, 4) is 0 Å². The number of para-hydroxylation sites is 2. The first-order valence-electron chi connectivity index (χ1n) is 8.22. The average molecular weight is 326 g/mol. The molecule has 0 saturated carbocycles. The van der Waals surface area contributed by atoms with Crippen LogP contribution in [0.5, 0.6) is 0 Å². The van der Waals surface area contributed by atoms with Gasteiger partial charge in [-0.1, -0.05) is 36.4 Å². The second-order valence-corrected chi connectivity index (χ2v) is 6.34. The van der Waals surface area contributed by atoms with E-state index in [-0.39, 0.29) is 13.0 Å². The van der Waals surface area contributed by atoms with Gasteiger partial charge < -0.3 is 14.6 Å². The average Bonchev–Trinajstić information content (AvgIpc) is 3.08. The van der Waals surface area contributed by atoms with E-state index in [0.29, 0.717) is 13.1 Å². The number of carbonyl (C=O) groups excluding carboxylic acids is 1. The summed E-state index contributed by atoms with van der Waals surface area (Å²) >= 11 is 0. The Morgan fingerprint density at radius 2 is 1.62 bits per heavy atom. The Hall–Kier alpha value is -2.40. The molecular formula is C19H19FN2O2. The van der Waals surface area contributed by atoms with Crippen LogP contribution < -0.4 is 0 Å². The molecule has 1 N–H and O–H groups in total. The van der Waals surface area contributed by atoms with Crippen molar-refractivity contribution < 1.29 is 14.3 Å².